The number of hydrogen-bond acceptors (Lipinski definition) is 3. The van der Waals surface area contributed by atoms with Gasteiger partial charge < -0.3 is 9.88 Å². The lowest BCUT2D eigenvalue weighted by Gasteiger charge is -2.08. The molecule has 0 atom stereocenters. The summed E-state index contributed by atoms with van der Waals surface area (Å²) in [6.07, 6.45) is 2.37. The largest absolute Gasteiger partial charge is 0.325 e. The highest BCUT2D eigenvalue weighted by atomic mass is 32.2. The smallest absolute Gasteiger partial charge is 0.234 e. The van der Waals surface area contributed by atoms with Crippen LogP contribution in [0.4, 0.5) is 10.1 Å². The molecule has 6 heteroatoms. The van der Waals surface area contributed by atoms with Gasteiger partial charge in [0.1, 0.15) is 5.82 Å². The Balaban J connectivity index is 1.61. The molecule has 1 heterocycles. The number of aryl methyl sites for hydroxylation is 1. The third kappa shape index (κ3) is 3.32. The lowest BCUT2D eigenvalue weighted by atomic mass is 10.3. The Bertz CT molecular complexity index is 692. The molecule has 2 aromatic rings. The zero-order valence-corrected chi connectivity index (χ0v) is 13.4. The van der Waals surface area contributed by atoms with Crippen LogP contribution in [0.2, 0.25) is 0 Å². The van der Waals surface area contributed by atoms with Crippen molar-refractivity contribution < 1.29 is 9.18 Å². The summed E-state index contributed by atoms with van der Waals surface area (Å²) in [7, 11) is 0. The summed E-state index contributed by atoms with van der Waals surface area (Å²) in [6, 6.07) is 6.31. The minimum atomic E-state index is -0.315. The highest BCUT2D eigenvalue weighted by molar-refractivity contribution is 7.99. The van der Waals surface area contributed by atoms with E-state index in [1.165, 1.54) is 42.4 Å². The summed E-state index contributed by atoms with van der Waals surface area (Å²) in [5.74, 6) is -0.137. The van der Waals surface area contributed by atoms with E-state index in [0.29, 0.717) is 17.5 Å². The maximum atomic E-state index is 12.8. The Labute approximate surface area is 133 Å². The number of amides is 1. The van der Waals surface area contributed by atoms with Crippen LogP contribution in [0, 0.1) is 19.7 Å². The van der Waals surface area contributed by atoms with Gasteiger partial charge in [0.05, 0.1) is 11.4 Å². The number of aromatic nitrogens is 2. The molecule has 1 aliphatic rings. The van der Waals surface area contributed by atoms with Gasteiger partial charge in [-0.25, -0.2) is 9.37 Å². The molecule has 0 unspecified atom stereocenters. The van der Waals surface area contributed by atoms with Crippen LogP contribution in [-0.4, -0.2) is 21.2 Å². The van der Waals surface area contributed by atoms with Crippen molar-refractivity contribution in [3.05, 3.63) is 41.5 Å². The molecular formula is C16H18FN3OS. The number of thioether (sulfide) groups is 1. The van der Waals surface area contributed by atoms with Gasteiger partial charge in [-0.05, 0) is 51.0 Å². The first kappa shape index (κ1) is 15.1. The number of anilines is 1. The Kier molecular flexibility index (Phi) is 4.20. The van der Waals surface area contributed by atoms with Crippen molar-refractivity contribution in [3.8, 4) is 0 Å². The van der Waals surface area contributed by atoms with Gasteiger partial charge in [-0.1, -0.05) is 11.8 Å². The molecule has 3 rings (SSSR count). The van der Waals surface area contributed by atoms with Crippen molar-refractivity contribution in [1.29, 1.82) is 0 Å². The van der Waals surface area contributed by atoms with Crippen molar-refractivity contribution in [2.24, 2.45) is 0 Å². The van der Waals surface area contributed by atoms with Crippen LogP contribution in [0.15, 0.2) is 29.4 Å². The predicted octanol–water partition coefficient (Wildman–Crippen LogP) is 3.70. The molecule has 0 radical (unpaired) electrons. The fraction of sp³-hybridized carbons (Fsp3) is 0.375. The molecule has 1 saturated carbocycles. The van der Waals surface area contributed by atoms with E-state index in [9.17, 15) is 9.18 Å². The molecule has 1 fully saturated rings. The molecule has 0 bridgehead atoms. The summed E-state index contributed by atoms with van der Waals surface area (Å²) in [5.41, 5.74) is 2.81. The monoisotopic (exact) mass is 319 g/mol. The molecule has 1 aromatic carbocycles. The fourth-order valence-corrected chi connectivity index (χ4v) is 3.28. The Morgan fingerprint density at radius 1 is 1.36 bits per heavy atom. The van der Waals surface area contributed by atoms with Crippen molar-refractivity contribution in [3.63, 3.8) is 0 Å². The third-order valence-electron chi connectivity index (χ3n) is 3.73. The number of halogens is 1. The van der Waals surface area contributed by atoms with Crippen LogP contribution in [-0.2, 0) is 4.79 Å². The second-order valence-electron chi connectivity index (χ2n) is 5.51. The number of hydrogen-bond donors (Lipinski definition) is 1. The number of benzene rings is 1. The second kappa shape index (κ2) is 6.12. The number of imidazole rings is 1. The average molecular weight is 319 g/mol. The third-order valence-corrected chi connectivity index (χ3v) is 4.68. The molecule has 0 aliphatic heterocycles. The molecule has 0 saturated heterocycles. The second-order valence-corrected chi connectivity index (χ2v) is 6.45. The van der Waals surface area contributed by atoms with Crippen molar-refractivity contribution >= 4 is 23.4 Å². The summed E-state index contributed by atoms with van der Waals surface area (Å²) in [5, 5.41) is 3.67. The van der Waals surface area contributed by atoms with E-state index in [-0.39, 0.29) is 11.7 Å². The normalized spacial score (nSPS) is 14.1. The molecule has 1 aromatic heterocycles. The standard InChI is InChI=1S/C16H18FN3OS/c1-10-11(2)20(14-7-8-14)16(18-10)22-9-15(21)19-13-5-3-12(17)4-6-13/h3-6,14H,7-9H2,1-2H3,(H,19,21). The summed E-state index contributed by atoms with van der Waals surface area (Å²) >= 11 is 1.45. The number of carbonyl (C=O) groups is 1. The van der Waals surface area contributed by atoms with Gasteiger partial charge in [0, 0.05) is 17.4 Å². The molecule has 116 valence electrons. The highest BCUT2D eigenvalue weighted by Crippen LogP contribution is 2.39. The summed E-state index contributed by atoms with van der Waals surface area (Å²) in [6.45, 7) is 4.07. The summed E-state index contributed by atoms with van der Waals surface area (Å²) < 4.78 is 15.1. The van der Waals surface area contributed by atoms with Gasteiger partial charge >= 0.3 is 0 Å². The maximum absolute atomic E-state index is 12.8. The number of nitrogens with zero attached hydrogens (tertiary/aromatic N) is 2. The van der Waals surface area contributed by atoms with Crippen LogP contribution in [0.25, 0.3) is 0 Å². The Morgan fingerprint density at radius 3 is 2.68 bits per heavy atom. The van der Waals surface area contributed by atoms with E-state index in [1.807, 2.05) is 6.92 Å². The number of rotatable bonds is 5. The topological polar surface area (TPSA) is 46.9 Å². The first-order valence-electron chi connectivity index (χ1n) is 7.28. The first-order valence-corrected chi connectivity index (χ1v) is 8.27. The van der Waals surface area contributed by atoms with Crippen molar-refractivity contribution in [1.82, 2.24) is 9.55 Å². The molecule has 0 spiro atoms. The first-order chi connectivity index (χ1) is 10.5. The lowest BCUT2D eigenvalue weighted by Crippen LogP contribution is -2.14. The van der Waals surface area contributed by atoms with Gasteiger partial charge in [-0.3, -0.25) is 4.79 Å². The molecule has 4 nitrogen and oxygen atoms in total. The van der Waals surface area contributed by atoms with Crippen LogP contribution in [0.1, 0.15) is 30.3 Å². The van der Waals surface area contributed by atoms with E-state index in [0.717, 1.165) is 10.9 Å². The zero-order chi connectivity index (χ0) is 15.7. The minimum absolute atomic E-state index is 0.114. The van der Waals surface area contributed by atoms with Crippen LogP contribution < -0.4 is 5.32 Å². The van der Waals surface area contributed by atoms with Gasteiger partial charge in [0.15, 0.2) is 5.16 Å². The molecule has 1 aliphatic carbocycles. The SMILES string of the molecule is Cc1nc(SCC(=O)Nc2ccc(F)cc2)n(C2CC2)c1C. The molecule has 1 N–H and O–H groups in total. The molecular weight excluding hydrogens is 301 g/mol. The molecule has 22 heavy (non-hydrogen) atoms. The van der Waals surface area contributed by atoms with Gasteiger partial charge in [-0.15, -0.1) is 0 Å². The lowest BCUT2D eigenvalue weighted by molar-refractivity contribution is -0.113. The van der Waals surface area contributed by atoms with E-state index in [2.05, 4.69) is 21.8 Å². The summed E-state index contributed by atoms with van der Waals surface area (Å²) in [4.78, 5) is 16.6. The molecule has 1 amide bonds. The van der Waals surface area contributed by atoms with Crippen LogP contribution in [0.5, 0.6) is 0 Å². The van der Waals surface area contributed by atoms with Gasteiger partial charge in [-0.2, -0.15) is 0 Å². The fourth-order valence-electron chi connectivity index (χ4n) is 2.32. The van der Waals surface area contributed by atoms with E-state index in [4.69, 9.17) is 0 Å². The Morgan fingerprint density at radius 2 is 2.05 bits per heavy atom. The van der Waals surface area contributed by atoms with E-state index < -0.39 is 0 Å². The van der Waals surface area contributed by atoms with Crippen LogP contribution in [0.3, 0.4) is 0 Å². The van der Waals surface area contributed by atoms with Crippen LogP contribution >= 0.6 is 11.8 Å². The Hall–Kier alpha value is -1.82. The number of nitrogens with one attached hydrogen (secondary N) is 1. The highest BCUT2D eigenvalue weighted by Gasteiger charge is 2.28. The number of carbonyl (C=O) groups excluding carboxylic acids is 1. The minimum Gasteiger partial charge on any atom is -0.325 e. The van der Waals surface area contributed by atoms with E-state index >= 15 is 0 Å². The predicted molar refractivity (Wildman–Crippen MR) is 85.7 cm³/mol. The quantitative estimate of drug-likeness (QED) is 0.855. The van der Waals surface area contributed by atoms with Crippen molar-refractivity contribution in [2.45, 2.75) is 37.9 Å². The average Bonchev–Trinajstić information content (AvgIpc) is 3.27. The zero-order valence-electron chi connectivity index (χ0n) is 12.6. The van der Waals surface area contributed by atoms with Gasteiger partial charge in [0.2, 0.25) is 5.91 Å². The van der Waals surface area contributed by atoms with Crippen molar-refractivity contribution in [2.75, 3.05) is 11.1 Å². The maximum Gasteiger partial charge on any atom is 0.234 e. The van der Waals surface area contributed by atoms with E-state index in [1.54, 1.807) is 12.1 Å². The van der Waals surface area contributed by atoms with Gasteiger partial charge in [0.25, 0.3) is 0 Å².